The Bertz CT molecular complexity index is 1130. The van der Waals surface area contributed by atoms with Gasteiger partial charge in [0.05, 0.1) is 11.4 Å². The lowest BCUT2D eigenvalue weighted by atomic mass is 10.0. The molecule has 1 aromatic carbocycles. The van der Waals surface area contributed by atoms with Crippen LogP contribution in [-0.2, 0) is 16.6 Å². The van der Waals surface area contributed by atoms with Gasteiger partial charge in [0, 0.05) is 30.4 Å². The van der Waals surface area contributed by atoms with Crippen molar-refractivity contribution in [1.82, 2.24) is 19.4 Å². The molecule has 0 amide bonds. The van der Waals surface area contributed by atoms with Crippen LogP contribution in [0.15, 0.2) is 52.6 Å². The Labute approximate surface area is 169 Å². The Kier molecular flexibility index (Phi) is 5.22. The lowest BCUT2D eigenvalue weighted by molar-refractivity contribution is 0.289. The third-order valence-electron chi connectivity index (χ3n) is 5.00. The maximum atomic E-state index is 12.7. The minimum atomic E-state index is -3.42. The van der Waals surface area contributed by atoms with E-state index in [2.05, 4.69) is 15.1 Å². The summed E-state index contributed by atoms with van der Waals surface area (Å²) in [5.41, 5.74) is 8.68. The number of rotatable bonds is 6. The minimum Gasteiger partial charge on any atom is -0.388 e. The number of hydrazine groups is 1. The second-order valence-electron chi connectivity index (χ2n) is 6.91. The Morgan fingerprint density at radius 3 is 2.62 bits per heavy atom. The highest BCUT2D eigenvalue weighted by atomic mass is 32.2. The molecule has 0 bridgehead atoms. The van der Waals surface area contributed by atoms with E-state index in [-0.39, 0.29) is 0 Å². The maximum absolute atomic E-state index is 12.7. The third-order valence-corrected chi connectivity index (χ3v) is 6.92. The van der Waals surface area contributed by atoms with Crippen molar-refractivity contribution in [2.24, 2.45) is 16.7 Å². The molecule has 0 spiro atoms. The molecular weight excluding hydrogens is 390 g/mol. The Morgan fingerprint density at radius 2 is 1.93 bits per heavy atom. The molecule has 3 aromatic rings. The van der Waals surface area contributed by atoms with Gasteiger partial charge in [0.15, 0.2) is 0 Å². The standard InChI is InChI=1S/C19H23N7O2S/c20-13-23-26(21)12-15-11-18-17(7-8-22-19(18)24-15)14-3-5-16(6-4-14)29(27,28)25-9-1-2-10-25/h3-8,11,13H,1-2,9-10,12,21H2,(H2,20,23)(H,22,24). The number of fused-ring (bicyclic) bond motifs is 1. The van der Waals surface area contributed by atoms with E-state index < -0.39 is 10.0 Å². The maximum Gasteiger partial charge on any atom is 0.243 e. The summed E-state index contributed by atoms with van der Waals surface area (Å²) < 4.78 is 27.0. The van der Waals surface area contributed by atoms with Gasteiger partial charge in [-0.2, -0.15) is 9.41 Å². The van der Waals surface area contributed by atoms with E-state index in [9.17, 15) is 8.42 Å². The van der Waals surface area contributed by atoms with E-state index in [1.54, 1.807) is 22.6 Å². The van der Waals surface area contributed by atoms with Crippen LogP contribution in [0.25, 0.3) is 22.2 Å². The predicted molar refractivity (Wildman–Crippen MR) is 112 cm³/mol. The van der Waals surface area contributed by atoms with Gasteiger partial charge >= 0.3 is 0 Å². The molecule has 1 fully saturated rings. The quantitative estimate of drug-likeness (QED) is 0.243. The van der Waals surface area contributed by atoms with E-state index in [0.717, 1.165) is 47.0 Å². The summed E-state index contributed by atoms with van der Waals surface area (Å²) in [7, 11) is -3.42. The Morgan fingerprint density at radius 1 is 1.21 bits per heavy atom. The number of aromatic nitrogens is 2. The van der Waals surface area contributed by atoms with Crippen molar-refractivity contribution in [3.8, 4) is 11.1 Å². The molecular formula is C19H23N7O2S. The monoisotopic (exact) mass is 413 g/mol. The van der Waals surface area contributed by atoms with Gasteiger partial charge in [-0.3, -0.25) is 0 Å². The van der Waals surface area contributed by atoms with E-state index in [0.29, 0.717) is 24.5 Å². The number of nitrogens with one attached hydrogen (secondary N) is 1. The molecule has 10 heteroatoms. The van der Waals surface area contributed by atoms with Crippen molar-refractivity contribution in [3.63, 3.8) is 0 Å². The van der Waals surface area contributed by atoms with Gasteiger partial charge in [0.1, 0.15) is 12.0 Å². The van der Waals surface area contributed by atoms with Crippen LogP contribution in [0.5, 0.6) is 0 Å². The second-order valence-corrected chi connectivity index (χ2v) is 8.85. The van der Waals surface area contributed by atoms with Crippen LogP contribution in [0.1, 0.15) is 18.5 Å². The van der Waals surface area contributed by atoms with E-state index in [4.69, 9.17) is 11.6 Å². The molecule has 0 unspecified atom stereocenters. The first-order valence-electron chi connectivity index (χ1n) is 9.32. The molecule has 1 aliphatic heterocycles. The van der Waals surface area contributed by atoms with Crippen LogP contribution in [0, 0.1) is 0 Å². The van der Waals surface area contributed by atoms with Crippen molar-refractivity contribution >= 4 is 27.4 Å². The van der Waals surface area contributed by atoms with Crippen molar-refractivity contribution in [1.29, 1.82) is 0 Å². The summed E-state index contributed by atoms with van der Waals surface area (Å²) in [5.74, 6) is 5.75. The predicted octanol–water partition coefficient (Wildman–Crippen LogP) is 1.59. The highest BCUT2D eigenvalue weighted by Gasteiger charge is 2.27. The number of benzene rings is 1. The van der Waals surface area contributed by atoms with Gasteiger partial charge < -0.3 is 10.7 Å². The number of pyridine rings is 1. The van der Waals surface area contributed by atoms with Crippen molar-refractivity contribution in [2.45, 2.75) is 24.3 Å². The third kappa shape index (κ3) is 3.82. The smallest absolute Gasteiger partial charge is 0.243 e. The van der Waals surface area contributed by atoms with Gasteiger partial charge in [0.2, 0.25) is 10.0 Å². The summed E-state index contributed by atoms with van der Waals surface area (Å²) in [6, 6.07) is 10.9. The first-order chi connectivity index (χ1) is 14.0. The topological polar surface area (TPSA) is 134 Å². The van der Waals surface area contributed by atoms with E-state index >= 15 is 0 Å². The molecule has 3 heterocycles. The molecule has 0 saturated carbocycles. The number of nitrogens with zero attached hydrogens (tertiary/aromatic N) is 4. The highest BCUT2D eigenvalue weighted by molar-refractivity contribution is 7.89. The summed E-state index contributed by atoms with van der Waals surface area (Å²) >= 11 is 0. The minimum absolute atomic E-state index is 0.321. The van der Waals surface area contributed by atoms with Crippen LogP contribution in [0.4, 0.5) is 0 Å². The average molecular weight is 414 g/mol. The Balaban J connectivity index is 1.65. The van der Waals surface area contributed by atoms with Crippen molar-refractivity contribution in [3.05, 3.63) is 48.3 Å². The Hall–Kier alpha value is -2.95. The summed E-state index contributed by atoms with van der Waals surface area (Å²) in [6.07, 6.45) is 4.67. The number of nitrogens with two attached hydrogens (primary N) is 2. The lowest BCUT2D eigenvalue weighted by Crippen LogP contribution is -2.27. The van der Waals surface area contributed by atoms with E-state index in [1.807, 2.05) is 24.3 Å². The van der Waals surface area contributed by atoms with Crippen LogP contribution >= 0.6 is 0 Å². The molecule has 152 valence electrons. The van der Waals surface area contributed by atoms with Gasteiger partial charge in [-0.1, -0.05) is 12.1 Å². The van der Waals surface area contributed by atoms with Gasteiger partial charge in [-0.05, 0) is 48.2 Å². The summed E-state index contributed by atoms with van der Waals surface area (Å²) in [5, 5.41) is 5.94. The fraction of sp³-hybridized carbons (Fsp3) is 0.263. The number of hydrazone groups is 1. The number of hydrogen-bond acceptors (Lipinski definition) is 6. The number of hydrogen-bond donors (Lipinski definition) is 3. The summed E-state index contributed by atoms with van der Waals surface area (Å²) in [4.78, 5) is 7.91. The van der Waals surface area contributed by atoms with Crippen LogP contribution in [0.3, 0.4) is 0 Å². The fourth-order valence-electron chi connectivity index (χ4n) is 3.60. The molecule has 0 atom stereocenters. The number of H-pyrrole nitrogens is 1. The first-order valence-corrected chi connectivity index (χ1v) is 10.8. The van der Waals surface area contributed by atoms with Crippen molar-refractivity contribution < 1.29 is 8.42 Å². The molecule has 4 rings (SSSR count). The molecule has 0 radical (unpaired) electrons. The van der Waals surface area contributed by atoms with Crippen LogP contribution < -0.4 is 11.6 Å². The second kappa shape index (κ2) is 7.82. The highest BCUT2D eigenvalue weighted by Crippen LogP contribution is 2.30. The largest absolute Gasteiger partial charge is 0.388 e. The molecule has 2 aromatic heterocycles. The van der Waals surface area contributed by atoms with Gasteiger partial charge in [0.25, 0.3) is 0 Å². The van der Waals surface area contributed by atoms with E-state index in [1.165, 1.54) is 5.12 Å². The first kappa shape index (κ1) is 19.4. The molecule has 5 N–H and O–H groups in total. The SMILES string of the molecule is N/C=N\N(N)Cc1cc2c(-c3ccc(S(=O)(=O)N4CCCC4)cc3)ccnc2[nH]1. The number of sulfonamides is 1. The fourth-order valence-corrected chi connectivity index (χ4v) is 5.12. The van der Waals surface area contributed by atoms with Crippen molar-refractivity contribution in [2.75, 3.05) is 13.1 Å². The zero-order valence-electron chi connectivity index (χ0n) is 15.8. The van der Waals surface area contributed by atoms with Crippen LogP contribution in [0.2, 0.25) is 0 Å². The molecule has 1 aliphatic rings. The zero-order valence-corrected chi connectivity index (χ0v) is 16.6. The zero-order chi connectivity index (χ0) is 20.4. The lowest BCUT2D eigenvalue weighted by Gasteiger charge is -2.15. The average Bonchev–Trinajstić information content (AvgIpc) is 3.38. The normalized spacial score (nSPS) is 15.5. The molecule has 9 nitrogen and oxygen atoms in total. The molecule has 29 heavy (non-hydrogen) atoms. The molecule has 0 aliphatic carbocycles. The van der Waals surface area contributed by atoms with Gasteiger partial charge in [-0.25, -0.2) is 24.4 Å². The number of aromatic amines is 1. The summed E-state index contributed by atoms with van der Waals surface area (Å²) in [6.45, 7) is 1.53. The van der Waals surface area contributed by atoms with Gasteiger partial charge in [-0.15, -0.1) is 0 Å². The van der Waals surface area contributed by atoms with Crippen LogP contribution in [-0.4, -0.2) is 47.2 Å². The molecule has 1 saturated heterocycles.